The van der Waals surface area contributed by atoms with Gasteiger partial charge in [0, 0.05) is 7.11 Å². The predicted molar refractivity (Wildman–Crippen MR) is 66.5 cm³/mol. The van der Waals surface area contributed by atoms with Crippen molar-refractivity contribution in [2.24, 2.45) is 0 Å². The third kappa shape index (κ3) is 3.95. The normalized spacial score (nSPS) is 13.8. The number of hydrogen-bond acceptors (Lipinski definition) is 2. The van der Waals surface area contributed by atoms with Crippen LogP contribution < -0.4 is 0 Å². The lowest BCUT2D eigenvalue weighted by molar-refractivity contribution is 0.0785. The fourth-order valence-electron chi connectivity index (χ4n) is 1.57. The van der Waals surface area contributed by atoms with Crippen molar-refractivity contribution in [1.29, 1.82) is 0 Å². The van der Waals surface area contributed by atoms with E-state index in [9.17, 15) is 5.11 Å². The molecule has 0 amide bonds. The lowest BCUT2D eigenvalue weighted by Crippen LogP contribution is -2.15. The molecule has 0 aliphatic carbocycles. The Morgan fingerprint density at radius 1 is 1.25 bits per heavy atom. The highest BCUT2D eigenvalue weighted by molar-refractivity contribution is 5.26. The van der Waals surface area contributed by atoms with Crippen LogP contribution in [0.3, 0.4) is 0 Å². The van der Waals surface area contributed by atoms with Crippen LogP contribution >= 0.6 is 0 Å². The summed E-state index contributed by atoms with van der Waals surface area (Å²) in [6.07, 6.45) is 2.34. The van der Waals surface area contributed by atoms with Gasteiger partial charge in [0.05, 0.1) is 11.7 Å². The molecule has 0 aliphatic heterocycles. The molecule has 16 heavy (non-hydrogen) atoms. The summed E-state index contributed by atoms with van der Waals surface area (Å²) in [7, 11) is 1.74. The summed E-state index contributed by atoms with van der Waals surface area (Å²) >= 11 is 0. The van der Waals surface area contributed by atoms with Gasteiger partial charge in [0.15, 0.2) is 0 Å². The first-order chi connectivity index (χ1) is 7.43. The van der Waals surface area contributed by atoms with E-state index in [0.717, 1.165) is 18.4 Å². The first kappa shape index (κ1) is 13.2. The summed E-state index contributed by atoms with van der Waals surface area (Å²) in [6.45, 7) is 5.68. The molecule has 0 spiro atoms. The molecule has 1 atom stereocenters. The molecule has 0 saturated heterocycles. The molecule has 1 aromatic rings. The molecule has 0 fully saturated rings. The molecule has 1 N–H and O–H groups in total. The average Bonchev–Trinajstić information content (AvgIpc) is 2.25. The second-order valence-corrected chi connectivity index (χ2v) is 4.84. The lowest BCUT2D eigenvalue weighted by Gasteiger charge is -2.18. The third-order valence-electron chi connectivity index (χ3n) is 2.90. The molecule has 90 valence electrons. The van der Waals surface area contributed by atoms with E-state index in [-0.39, 0.29) is 0 Å². The van der Waals surface area contributed by atoms with Crippen LogP contribution in [0, 0.1) is 0 Å². The Labute approximate surface area is 98.3 Å². The topological polar surface area (TPSA) is 29.5 Å². The average molecular weight is 222 g/mol. The van der Waals surface area contributed by atoms with E-state index in [2.05, 4.69) is 19.1 Å². The maximum Gasteiger partial charge on any atom is 0.0840 e. The molecule has 1 rings (SSSR count). The van der Waals surface area contributed by atoms with Gasteiger partial charge in [0.2, 0.25) is 0 Å². The van der Waals surface area contributed by atoms with Crippen molar-refractivity contribution in [3.63, 3.8) is 0 Å². The molecule has 0 aromatic heterocycles. The van der Waals surface area contributed by atoms with Gasteiger partial charge in [-0.3, -0.25) is 0 Å². The Hall–Kier alpha value is -0.860. The van der Waals surface area contributed by atoms with Crippen molar-refractivity contribution < 1.29 is 9.84 Å². The lowest BCUT2D eigenvalue weighted by atomic mass is 9.96. The highest BCUT2D eigenvalue weighted by Gasteiger charge is 2.14. The second kappa shape index (κ2) is 5.46. The SMILES string of the molecule is COC(C)CCc1ccc(C(C)(C)O)cc1. The van der Waals surface area contributed by atoms with Crippen LogP contribution in [0.1, 0.15) is 38.3 Å². The summed E-state index contributed by atoms with van der Waals surface area (Å²) in [4.78, 5) is 0. The van der Waals surface area contributed by atoms with E-state index in [4.69, 9.17) is 4.74 Å². The van der Waals surface area contributed by atoms with Gasteiger partial charge in [0.1, 0.15) is 0 Å². The fraction of sp³-hybridized carbons (Fsp3) is 0.571. The monoisotopic (exact) mass is 222 g/mol. The largest absolute Gasteiger partial charge is 0.386 e. The van der Waals surface area contributed by atoms with E-state index >= 15 is 0 Å². The van der Waals surface area contributed by atoms with Crippen LogP contribution in [0.25, 0.3) is 0 Å². The summed E-state index contributed by atoms with van der Waals surface area (Å²) in [5, 5.41) is 9.82. The molecule has 1 aromatic carbocycles. The van der Waals surface area contributed by atoms with Crippen molar-refractivity contribution >= 4 is 0 Å². The molecular formula is C14H22O2. The quantitative estimate of drug-likeness (QED) is 0.830. The molecule has 0 saturated carbocycles. The van der Waals surface area contributed by atoms with E-state index in [1.807, 2.05) is 12.1 Å². The number of rotatable bonds is 5. The number of aliphatic hydroxyl groups is 1. The molecular weight excluding hydrogens is 200 g/mol. The Morgan fingerprint density at radius 2 is 1.81 bits per heavy atom. The van der Waals surface area contributed by atoms with Gasteiger partial charge >= 0.3 is 0 Å². The highest BCUT2D eigenvalue weighted by atomic mass is 16.5. The minimum Gasteiger partial charge on any atom is -0.386 e. The Morgan fingerprint density at radius 3 is 2.25 bits per heavy atom. The molecule has 0 bridgehead atoms. The van der Waals surface area contributed by atoms with E-state index in [1.54, 1.807) is 21.0 Å². The standard InChI is InChI=1S/C14H22O2/c1-11(16-4)5-6-12-7-9-13(10-8-12)14(2,3)15/h7-11,15H,5-6H2,1-4H3. The molecule has 0 aliphatic rings. The zero-order chi connectivity index (χ0) is 12.2. The third-order valence-corrected chi connectivity index (χ3v) is 2.90. The molecule has 0 heterocycles. The zero-order valence-corrected chi connectivity index (χ0v) is 10.7. The molecule has 2 heteroatoms. The number of ether oxygens (including phenoxy) is 1. The number of hydrogen-bond donors (Lipinski definition) is 1. The maximum atomic E-state index is 9.82. The van der Waals surface area contributed by atoms with Gasteiger partial charge in [0.25, 0.3) is 0 Å². The van der Waals surface area contributed by atoms with Crippen LogP contribution in [0.15, 0.2) is 24.3 Å². The van der Waals surface area contributed by atoms with Crippen molar-refractivity contribution in [3.8, 4) is 0 Å². The van der Waals surface area contributed by atoms with Crippen LogP contribution in [-0.4, -0.2) is 18.3 Å². The summed E-state index contributed by atoms with van der Waals surface area (Å²) < 4.78 is 5.21. The first-order valence-electron chi connectivity index (χ1n) is 5.78. The Bertz CT molecular complexity index is 309. The van der Waals surface area contributed by atoms with Gasteiger partial charge in [-0.25, -0.2) is 0 Å². The van der Waals surface area contributed by atoms with Gasteiger partial charge < -0.3 is 9.84 Å². The minimum atomic E-state index is -0.752. The Balaban J connectivity index is 2.58. The predicted octanol–water partition coefficient (Wildman–Crippen LogP) is 2.88. The summed E-state index contributed by atoms with van der Waals surface area (Å²) in [6, 6.07) is 8.14. The minimum absolute atomic E-state index is 0.300. The summed E-state index contributed by atoms with van der Waals surface area (Å²) in [5.74, 6) is 0. The van der Waals surface area contributed by atoms with Crippen molar-refractivity contribution in [2.75, 3.05) is 7.11 Å². The number of methoxy groups -OCH3 is 1. The van der Waals surface area contributed by atoms with Gasteiger partial charge in [-0.05, 0) is 44.7 Å². The van der Waals surface area contributed by atoms with Crippen molar-refractivity contribution in [2.45, 2.75) is 45.3 Å². The fourth-order valence-corrected chi connectivity index (χ4v) is 1.57. The smallest absolute Gasteiger partial charge is 0.0840 e. The zero-order valence-electron chi connectivity index (χ0n) is 10.7. The molecule has 1 unspecified atom stereocenters. The van der Waals surface area contributed by atoms with E-state index in [1.165, 1.54) is 5.56 Å². The van der Waals surface area contributed by atoms with Crippen LogP contribution in [0.4, 0.5) is 0 Å². The summed E-state index contributed by atoms with van der Waals surface area (Å²) in [5.41, 5.74) is 1.49. The molecule has 2 nitrogen and oxygen atoms in total. The Kier molecular flexibility index (Phi) is 4.51. The molecule has 0 radical (unpaired) electrons. The van der Waals surface area contributed by atoms with Crippen LogP contribution in [-0.2, 0) is 16.8 Å². The highest BCUT2D eigenvalue weighted by Crippen LogP contribution is 2.20. The van der Waals surface area contributed by atoms with Gasteiger partial charge in [-0.1, -0.05) is 24.3 Å². The maximum absolute atomic E-state index is 9.82. The van der Waals surface area contributed by atoms with Crippen LogP contribution in [0.2, 0.25) is 0 Å². The van der Waals surface area contributed by atoms with Crippen molar-refractivity contribution in [1.82, 2.24) is 0 Å². The van der Waals surface area contributed by atoms with Crippen LogP contribution in [0.5, 0.6) is 0 Å². The van der Waals surface area contributed by atoms with E-state index < -0.39 is 5.60 Å². The van der Waals surface area contributed by atoms with Gasteiger partial charge in [-0.15, -0.1) is 0 Å². The number of benzene rings is 1. The van der Waals surface area contributed by atoms with E-state index in [0.29, 0.717) is 6.10 Å². The first-order valence-corrected chi connectivity index (χ1v) is 5.78. The van der Waals surface area contributed by atoms with Crippen molar-refractivity contribution in [3.05, 3.63) is 35.4 Å². The second-order valence-electron chi connectivity index (χ2n) is 4.84. The van der Waals surface area contributed by atoms with Gasteiger partial charge in [-0.2, -0.15) is 0 Å². The number of aryl methyl sites for hydroxylation is 1.